The summed E-state index contributed by atoms with van der Waals surface area (Å²) in [5.74, 6) is -0.836. The Kier molecular flexibility index (Phi) is 4.79. The number of unbranched alkanes of at least 4 members (excludes halogenated alkanes) is 1. The minimum Gasteiger partial charge on any atom is -0.480 e. The van der Waals surface area contributed by atoms with Crippen LogP contribution in [-0.4, -0.2) is 22.1 Å². The van der Waals surface area contributed by atoms with Gasteiger partial charge in [0, 0.05) is 22.3 Å². The molecule has 2 N–H and O–H groups in total. The number of benzene rings is 1. The molecule has 106 valence electrons. The number of nitrogens with zero attached hydrogens (tertiary/aromatic N) is 1. The molecule has 20 heavy (non-hydrogen) atoms. The summed E-state index contributed by atoms with van der Waals surface area (Å²) in [6, 6.07) is 6.60. The number of carbonyl (C=O) groups is 1. The van der Waals surface area contributed by atoms with Gasteiger partial charge in [0.25, 0.3) is 0 Å². The van der Waals surface area contributed by atoms with Crippen molar-refractivity contribution < 1.29 is 9.90 Å². The molecular weight excluding hydrogens is 276 g/mol. The van der Waals surface area contributed by atoms with Crippen molar-refractivity contribution in [2.75, 3.05) is 5.32 Å². The lowest BCUT2D eigenvalue weighted by Crippen LogP contribution is -2.29. The van der Waals surface area contributed by atoms with E-state index in [-0.39, 0.29) is 0 Å². The van der Waals surface area contributed by atoms with Gasteiger partial charge in [-0.3, -0.25) is 4.98 Å². The van der Waals surface area contributed by atoms with Gasteiger partial charge in [-0.25, -0.2) is 4.79 Å². The van der Waals surface area contributed by atoms with E-state index in [4.69, 9.17) is 11.6 Å². The molecule has 0 saturated heterocycles. The van der Waals surface area contributed by atoms with Crippen LogP contribution in [0.4, 0.5) is 5.69 Å². The van der Waals surface area contributed by atoms with Crippen LogP contribution in [0, 0.1) is 0 Å². The molecule has 0 bridgehead atoms. The fraction of sp³-hybridized carbons (Fsp3) is 0.333. The Balaban J connectivity index is 2.29. The molecule has 4 nitrogen and oxygen atoms in total. The van der Waals surface area contributed by atoms with E-state index < -0.39 is 12.0 Å². The molecule has 5 heteroatoms. The predicted octanol–water partition coefficient (Wildman–Crippen LogP) is 3.94. The molecule has 0 amide bonds. The number of rotatable bonds is 6. The van der Waals surface area contributed by atoms with Crippen LogP contribution in [0.25, 0.3) is 10.9 Å². The minimum absolute atomic E-state index is 0.587. The molecule has 1 atom stereocenters. The molecule has 1 heterocycles. The van der Waals surface area contributed by atoms with E-state index in [2.05, 4.69) is 10.3 Å². The van der Waals surface area contributed by atoms with E-state index >= 15 is 0 Å². The van der Waals surface area contributed by atoms with Gasteiger partial charge < -0.3 is 10.4 Å². The van der Waals surface area contributed by atoms with Crippen molar-refractivity contribution in [1.29, 1.82) is 0 Å². The van der Waals surface area contributed by atoms with Gasteiger partial charge in [0.05, 0.1) is 5.52 Å². The Labute approximate surface area is 122 Å². The summed E-state index contributed by atoms with van der Waals surface area (Å²) in [7, 11) is 0. The third kappa shape index (κ3) is 3.39. The third-order valence-corrected chi connectivity index (χ3v) is 3.41. The van der Waals surface area contributed by atoms with Crippen LogP contribution in [0.5, 0.6) is 0 Å². The maximum Gasteiger partial charge on any atom is 0.326 e. The van der Waals surface area contributed by atoms with E-state index in [9.17, 15) is 9.90 Å². The first kappa shape index (κ1) is 14.6. The number of hydrogen-bond acceptors (Lipinski definition) is 3. The van der Waals surface area contributed by atoms with E-state index in [1.54, 1.807) is 24.4 Å². The lowest BCUT2D eigenvalue weighted by molar-refractivity contribution is -0.138. The van der Waals surface area contributed by atoms with E-state index in [1.807, 2.05) is 13.0 Å². The van der Waals surface area contributed by atoms with Crippen molar-refractivity contribution in [3.05, 3.63) is 35.5 Å². The zero-order chi connectivity index (χ0) is 14.5. The Hall–Kier alpha value is -1.81. The second-order valence-corrected chi connectivity index (χ2v) is 5.13. The summed E-state index contributed by atoms with van der Waals surface area (Å²) in [6.45, 7) is 2.04. The molecule has 0 saturated carbocycles. The number of nitrogens with one attached hydrogen (secondary N) is 1. The van der Waals surface area contributed by atoms with Crippen LogP contribution < -0.4 is 5.32 Å². The molecule has 1 aromatic carbocycles. The predicted molar refractivity (Wildman–Crippen MR) is 81.3 cm³/mol. The maximum atomic E-state index is 11.3. The molecule has 0 radical (unpaired) electrons. The highest BCUT2D eigenvalue weighted by Crippen LogP contribution is 2.25. The molecule has 1 aromatic heterocycles. The minimum atomic E-state index is -0.836. The molecule has 2 rings (SSSR count). The van der Waals surface area contributed by atoms with Crippen molar-refractivity contribution in [1.82, 2.24) is 4.98 Å². The van der Waals surface area contributed by atoms with E-state index in [0.29, 0.717) is 11.4 Å². The number of carboxylic acids is 1. The number of carboxylic acid groups (broad SMARTS) is 1. The average molecular weight is 293 g/mol. The topological polar surface area (TPSA) is 62.2 Å². The molecule has 0 aliphatic rings. The average Bonchev–Trinajstić information content (AvgIpc) is 2.42. The molecule has 2 aromatic rings. The lowest BCUT2D eigenvalue weighted by atomic mass is 10.1. The summed E-state index contributed by atoms with van der Waals surface area (Å²) in [5, 5.41) is 13.9. The first-order chi connectivity index (χ1) is 9.61. The summed E-state index contributed by atoms with van der Waals surface area (Å²) >= 11 is 5.94. The summed E-state index contributed by atoms with van der Waals surface area (Å²) in [5.41, 5.74) is 1.53. The number of fused-ring (bicyclic) bond motifs is 1. The molecule has 0 aliphatic carbocycles. The Morgan fingerprint density at radius 2 is 2.25 bits per heavy atom. The van der Waals surface area contributed by atoms with Crippen molar-refractivity contribution in [3.8, 4) is 0 Å². The van der Waals surface area contributed by atoms with Crippen molar-refractivity contribution in [3.63, 3.8) is 0 Å². The third-order valence-electron chi connectivity index (χ3n) is 3.18. The van der Waals surface area contributed by atoms with Crippen molar-refractivity contribution in [2.24, 2.45) is 0 Å². The zero-order valence-electron chi connectivity index (χ0n) is 11.3. The normalized spacial score (nSPS) is 12.3. The van der Waals surface area contributed by atoms with Gasteiger partial charge in [0.15, 0.2) is 0 Å². The quantitative estimate of drug-likeness (QED) is 0.846. The van der Waals surface area contributed by atoms with Crippen LogP contribution in [0.2, 0.25) is 5.02 Å². The van der Waals surface area contributed by atoms with Gasteiger partial charge in [0.2, 0.25) is 0 Å². The van der Waals surface area contributed by atoms with E-state index in [0.717, 1.165) is 29.4 Å². The van der Waals surface area contributed by atoms with E-state index in [1.165, 1.54) is 0 Å². The fourth-order valence-electron chi connectivity index (χ4n) is 2.10. The number of anilines is 1. The number of aliphatic carboxylic acids is 1. The monoisotopic (exact) mass is 292 g/mol. The number of hydrogen-bond donors (Lipinski definition) is 2. The first-order valence-corrected chi connectivity index (χ1v) is 7.03. The van der Waals surface area contributed by atoms with Gasteiger partial charge in [-0.2, -0.15) is 0 Å². The SMILES string of the molecule is CCCCC(Nc1ccnc2cc(Cl)ccc12)C(=O)O. The highest BCUT2D eigenvalue weighted by atomic mass is 35.5. The summed E-state index contributed by atoms with van der Waals surface area (Å²) in [4.78, 5) is 15.5. The highest BCUT2D eigenvalue weighted by molar-refractivity contribution is 6.31. The fourth-order valence-corrected chi connectivity index (χ4v) is 2.27. The zero-order valence-corrected chi connectivity index (χ0v) is 12.0. The second kappa shape index (κ2) is 6.57. The Morgan fingerprint density at radius 3 is 2.95 bits per heavy atom. The summed E-state index contributed by atoms with van der Waals surface area (Å²) < 4.78 is 0. The smallest absolute Gasteiger partial charge is 0.326 e. The standard InChI is InChI=1S/C15H17ClN2O2/c1-2-3-4-13(15(19)20)18-12-7-8-17-14-9-10(16)5-6-11(12)14/h5-9,13H,2-4H2,1H3,(H,17,18)(H,19,20). The van der Waals surface area contributed by atoms with Gasteiger partial charge in [-0.1, -0.05) is 31.4 Å². The molecule has 1 unspecified atom stereocenters. The van der Waals surface area contributed by atoms with Gasteiger partial charge >= 0.3 is 5.97 Å². The molecular formula is C15H17ClN2O2. The molecule has 0 aliphatic heterocycles. The molecule has 0 spiro atoms. The Morgan fingerprint density at radius 1 is 1.45 bits per heavy atom. The number of aromatic nitrogens is 1. The van der Waals surface area contributed by atoms with Crippen LogP contribution in [0.1, 0.15) is 26.2 Å². The van der Waals surface area contributed by atoms with Crippen molar-refractivity contribution >= 4 is 34.2 Å². The van der Waals surface area contributed by atoms with Crippen LogP contribution in [-0.2, 0) is 4.79 Å². The summed E-state index contributed by atoms with van der Waals surface area (Å²) in [6.07, 6.45) is 4.10. The number of pyridine rings is 1. The lowest BCUT2D eigenvalue weighted by Gasteiger charge is -2.16. The second-order valence-electron chi connectivity index (χ2n) is 4.70. The highest BCUT2D eigenvalue weighted by Gasteiger charge is 2.17. The first-order valence-electron chi connectivity index (χ1n) is 6.65. The maximum absolute atomic E-state index is 11.3. The van der Waals surface area contributed by atoms with Crippen LogP contribution in [0.15, 0.2) is 30.5 Å². The van der Waals surface area contributed by atoms with Gasteiger partial charge in [0.1, 0.15) is 6.04 Å². The van der Waals surface area contributed by atoms with Crippen molar-refractivity contribution in [2.45, 2.75) is 32.2 Å². The number of halogens is 1. The molecule has 0 fully saturated rings. The largest absolute Gasteiger partial charge is 0.480 e. The Bertz CT molecular complexity index is 616. The van der Waals surface area contributed by atoms with Gasteiger partial charge in [-0.05, 0) is 30.7 Å². The van der Waals surface area contributed by atoms with Crippen LogP contribution >= 0.6 is 11.6 Å². The van der Waals surface area contributed by atoms with Crippen LogP contribution in [0.3, 0.4) is 0 Å². The van der Waals surface area contributed by atoms with Gasteiger partial charge in [-0.15, -0.1) is 0 Å².